The molecule has 0 radical (unpaired) electrons. The van der Waals surface area contributed by atoms with Crippen LogP contribution in [0, 0.1) is 6.92 Å². The summed E-state index contributed by atoms with van der Waals surface area (Å²) in [5, 5.41) is 9.68. The number of carbonyl (C=O) groups is 1. The Morgan fingerprint density at radius 2 is 1.93 bits per heavy atom. The summed E-state index contributed by atoms with van der Waals surface area (Å²) in [6.45, 7) is 3.67. The lowest BCUT2D eigenvalue weighted by Crippen LogP contribution is -2.29. The summed E-state index contributed by atoms with van der Waals surface area (Å²) in [4.78, 5) is 11.0. The number of rotatable bonds is 7. The maximum Gasteiger partial charge on any atom is 0.337 e. The van der Waals surface area contributed by atoms with Crippen molar-refractivity contribution in [1.82, 2.24) is 4.72 Å². The zero-order valence-electron chi connectivity index (χ0n) is 14.9. The number of ether oxygens (including phenoxy) is 1. The number of nitrogens with one attached hydrogen (secondary N) is 1. The summed E-state index contributed by atoms with van der Waals surface area (Å²) in [6, 6.07) is 6.84. The van der Waals surface area contributed by atoms with E-state index in [1.807, 2.05) is 13.8 Å². The SMILES string of the molecule is CCC(NS(=O)(=O)c1cc(C(=O)O)c(Cl)cc1OC)c1ccc(Cl)cc1C. The van der Waals surface area contributed by atoms with Crippen LogP contribution in [0.15, 0.2) is 35.2 Å². The fourth-order valence-electron chi connectivity index (χ4n) is 2.72. The van der Waals surface area contributed by atoms with Crippen molar-refractivity contribution < 1.29 is 23.1 Å². The Morgan fingerprint density at radius 1 is 1.26 bits per heavy atom. The Labute approximate surface area is 168 Å². The normalized spacial score (nSPS) is 12.6. The van der Waals surface area contributed by atoms with E-state index in [9.17, 15) is 18.3 Å². The molecule has 6 nitrogen and oxygen atoms in total. The van der Waals surface area contributed by atoms with Crippen molar-refractivity contribution in [2.75, 3.05) is 7.11 Å². The molecule has 146 valence electrons. The first-order chi connectivity index (χ1) is 12.6. The predicted molar refractivity (Wildman–Crippen MR) is 105 cm³/mol. The lowest BCUT2D eigenvalue weighted by Gasteiger charge is -2.21. The Hall–Kier alpha value is -1.80. The minimum absolute atomic E-state index is 0.0415. The van der Waals surface area contributed by atoms with Crippen LogP contribution in [0.25, 0.3) is 0 Å². The quantitative estimate of drug-likeness (QED) is 0.675. The number of methoxy groups -OCH3 is 1. The monoisotopic (exact) mass is 431 g/mol. The zero-order chi connectivity index (χ0) is 20.4. The summed E-state index contributed by atoms with van der Waals surface area (Å²) in [5.74, 6) is -1.38. The number of hydrogen-bond donors (Lipinski definition) is 2. The van der Waals surface area contributed by atoms with Crippen molar-refractivity contribution in [1.29, 1.82) is 0 Å². The number of aryl methyl sites for hydroxylation is 1. The van der Waals surface area contributed by atoms with E-state index in [4.69, 9.17) is 27.9 Å². The highest BCUT2D eigenvalue weighted by Crippen LogP contribution is 2.32. The van der Waals surface area contributed by atoms with Gasteiger partial charge in [0.05, 0.1) is 17.7 Å². The number of hydrogen-bond acceptors (Lipinski definition) is 4. The molecule has 2 N–H and O–H groups in total. The number of sulfonamides is 1. The largest absolute Gasteiger partial charge is 0.495 e. The van der Waals surface area contributed by atoms with Crippen molar-refractivity contribution in [3.8, 4) is 5.75 Å². The van der Waals surface area contributed by atoms with E-state index < -0.39 is 22.0 Å². The molecule has 0 saturated carbocycles. The molecule has 2 rings (SSSR count). The maximum atomic E-state index is 13.0. The minimum atomic E-state index is -4.09. The average molecular weight is 432 g/mol. The summed E-state index contributed by atoms with van der Waals surface area (Å²) in [6.07, 6.45) is 0.476. The fourth-order valence-corrected chi connectivity index (χ4v) is 4.65. The van der Waals surface area contributed by atoms with Crippen LogP contribution in [-0.2, 0) is 10.0 Å². The number of halogens is 2. The second-order valence-electron chi connectivity index (χ2n) is 5.87. The number of carboxylic acid groups (broad SMARTS) is 1. The van der Waals surface area contributed by atoms with E-state index in [2.05, 4.69) is 4.72 Å². The molecule has 27 heavy (non-hydrogen) atoms. The van der Waals surface area contributed by atoms with Gasteiger partial charge < -0.3 is 9.84 Å². The summed E-state index contributed by atoms with van der Waals surface area (Å²) >= 11 is 11.9. The Kier molecular flexibility index (Phi) is 6.75. The fraction of sp³-hybridized carbons (Fsp3) is 0.278. The molecule has 1 unspecified atom stereocenters. The van der Waals surface area contributed by atoms with Crippen molar-refractivity contribution in [2.45, 2.75) is 31.2 Å². The van der Waals surface area contributed by atoms with Gasteiger partial charge in [-0.05, 0) is 42.7 Å². The molecule has 0 heterocycles. The molecule has 0 aliphatic heterocycles. The summed E-state index contributed by atoms with van der Waals surface area (Å²) < 4.78 is 33.6. The van der Waals surface area contributed by atoms with Crippen molar-refractivity contribution in [3.63, 3.8) is 0 Å². The topological polar surface area (TPSA) is 92.7 Å². The van der Waals surface area contributed by atoms with Crippen molar-refractivity contribution in [3.05, 3.63) is 57.1 Å². The molecule has 2 aromatic rings. The molecule has 0 saturated heterocycles. The van der Waals surface area contributed by atoms with Gasteiger partial charge in [0.25, 0.3) is 0 Å². The van der Waals surface area contributed by atoms with Crippen LogP contribution in [0.3, 0.4) is 0 Å². The van der Waals surface area contributed by atoms with E-state index in [0.717, 1.165) is 17.2 Å². The first kappa shape index (κ1) is 21.5. The molecule has 0 aliphatic rings. The van der Waals surface area contributed by atoms with E-state index in [1.165, 1.54) is 13.2 Å². The molecule has 0 amide bonds. The highest BCUT2D eigenvalue weighted by molar-refractivity contribution is 7.89. The third-order valence-electron chi connectivity index (χ3n) is 4.09. The van der Waals surface area contributed by atoms with Crippen LogP contribution in [0.4, 0.5) is 0 Å². The van der Waals surface area contributed by atoms with Crippen molar-refractivity contribution in [2.24, 2.45) is 0 Å². The zero-order valence-corrected chi connectivity index (χ0v) is 17.2. The van der Waals surface area contributed by atoms with Gasteiger partial charge in [-0.15, -0.1) is 0 Å². The Balaban J connectivity index is 2.51. The van der Waals surface area contributed by atoms with Crippen LogP contribution in [0.1, 0.15) is 40.9 Å². The van der Waals surface area contributed by atoms with Crippen LogP contribution in [0.2, 0.25) is 10.0 Å². The second kappa shape index (κ2) is 8.48. The van der Waals surface area contributed by atoms with Gasteiger partial charge in [-0.1, -0.05) is 36.2 Å². The van der Waals surface area contributed by atoms with Crippen molar-refractivity contribution >= 4 is 39.2 Å². The molecular formula is C18H19Cl2NO5S. The van der Waals surface area contributed by atoms with Gasteiger partial charge in [0, 0.05) is 17.1 Å². The van der Waals surface area contributed by atoms with Crippen LogP contribution < -0.4 is 9.46 Å². The highest BCUT2D eigenvalue weighted by Gasteiger charge is 2.27. The Morgan fingerprint density at radius 3 is 2.44 bits per heavy atom. The third-order valence-corrected chi connectivity index (χ3v) is 6.13. The standard InChI is InChI=1S/C18H19Cl2NO5S/c1-4-15(12-6-5-11(19)7-10(12)2)21-27(24,25)17-8-13(18(22)23)14(20)9-16(17)26-3/h5-9,15,21H,4H2,1-3H3,(H,22,23). The Bertz CT molecular complexity index is 976. The van der Waals surface area contributed by atoms with Gasteiger partial charge >= 0.3 is 5.97 Å². The second-order valence-corrected chi connectivity index (χ2v) is 8.40. The van der Waals surface area contributed by atoms with Gasteiger partial charge in [0.2, 0.25) is 10.0 Å². The first-order valence-electron chi connectivity index (χ1n) is 8.00. The molecule has 0 spiro atoms. The summed E-state index contributed by atoms with van der Waals surface area (Å²) in [5.41, 5.74) is 1.29. The summed E-state index contributed by atoms with van der Waals surface area (Å²) in [7, 11) is -2.81. The van der Waals surface area contributed by atoms with E-state index in [0.29, 0.717) is 11.4 Å². The lowest BCUT2D eigenvalue weighted by molar-refractivity contribution is 0.0696. The van der Waals surface area contributed by atoms with Gasteiger partial charge in [0.15, 0.2) is 0 Å². The van der Waals surface area contributed by atoms with E-state index in [1.54, 1.807) is 18.2 Å². The minimum Gasteiger partial charge on any atom is -0.495 e. The number of carboxylic acids is 1. The average Bonchev–Trinajstić information content (AvgIpc) is 2.59. The maximum absolute atomic E-state index is 13.0. The van der Waals surface area contributed by atoms with E-state index in [-0.39, 0.29) is 21.2 Å². The molecule has 1 atom stereocenters. The molecule has 0 fully saturated rings. The van der Waals surface area contributed by atoms with Gasteiger partial charge in [-0.25, -0.2) is 17.9 Å². The van der Waals surface area contributed by atoms with Gasteiger partial charge in [0.1, 0.15) is 10.6 Å². The molecule has 0 bridgehead atoms. The van der Waals surface area contributed by atoms with Gasteiger partial charge in [-0.2, -0.15) is 0 Å². The van der Waals surface area contributed by atoms with Gasteiger partial charge in [-0.3, -0.25) is 0 Å². The van der Waals surface area contributed by atoms with Crippen LogP contribution in [0.5, 0.6) is 5.75 Å². The number of aromatic carboxylic acids is 1. The molecule has 0 aliphatic carbocycles. The molecule has 9 heteroatoms. The number of benzene rings is 2. The lowest BCUT2D eigenvalue weighted by atomic mass is 10.0. The highest BCUT2D eigenvalue weighted by atomic mass is 35.5. The van der Waals surface area contributed by atoms with Crippen LogP contribution >= 0.6 is 23.2 Å². The molecular weight excluding hydrogens is 413 g/mol. The third kappa shape index (κ3) is 4.73. The smallest absolute Gasteiger partial charge is 0.337 e. The van der Waals surface area contributed by atoms with Crippen LogP contribution in [-0.4, -0.2) is 26.6 Å². The first-order valence-corrected chi connectivity index (χ1v) is 10.2. The van der Waals surface area contributed by atoms with E-state index >= 15 is 0 Å². The molecule has 2 aromatic carbocycles. The molecule has 0 aromatic heterocycles. The predicted octanol–water partition coefficient (Wildman–Crippen LogP) is 4.44.